The van der Waals surface area contributed by atoms with E-state index in [1.54, 1.807) is 31.2 Å². The first-order chi connectivity index (χ1) is 10.8. The number of benzene rings is 1. The van der Waals surface area contributed by atoms with Gasteiger partial charge >= 0.3 is 6.18 Å². The number of aromatic nitrogens is 2. The van der Waals surface area contributed by atoms with Crippen LogP contribution in [0.4, 0.5) is 18.9 Å². The van der Waals surface area contributed by atoms with Crippen molar-refractivity contribution in [1.29, 1.82) is 0 Å². The van der Waals surface area contributed by atoms with Crippen molar-refractivity contribution in [2.24, 2.45) is 5.92 Å². The van der Waals surface area contributed by atoms with Crippen molar-refractivity contribution in [2.45, 2.75) is 32.4 Å². The Morgan fingerprint density at radius 1 is 1.26 bits per heavy atom. The maximum absolute atomic E-state index is 12.7. The lowest BCUT2D eigenvalue weighted by Gasteiger charge is -2.24. The van der Waals surface area contributed by atoms with Crippen molar-refractivity contribution >= 4 is 11.6 Å². The monoisotopic (exact) mass is 323 g/mol. The van der Waals surface area contributed by atoms with Crippen molar-refractivity contribution in [3.8, 4) is 5.69 Å². The maximum Gasteiger partial charge on any atom is 0.435 e. The van der Waals surface area contributed by atoms with Gasteiger partial charge in [0.15, 0.2) is 5.69 Å². The van der Waals surface area contributed by atoms with Gasteiger partial charge in [-0.05, 0) is 50.1 Å². The number of amides is 1. The van der Waals surface area contributed by atoms with Crippen LogP contribution in [-0.2, 0) is 11.0 Å². The van der Waals surface area contributed by atoms with Gasteiger partial charge in [-0.2, -0.15) is 18.3 Å². The van der Waals surface area contributed by atoms with Gasteiger partial charge in [-0.25, -0.2) is 4.68 Å². The molecule has 0 atom stereocenters. The number of carbonyl (C=O) groups is 1. The molecule has 1 aromatic carbocycles. The van der Waals surface area contributed by atoms with Crippen molar-refractivity contribution in [2.75, 3.05) is 5.32 Å². The molecule has 0 spiro atoms. The van der Waals surface area contributed by atoms with Crippen LogP contribution in [0, 0.1) is 12.8 Å². The van der Waals surface area contributed by atoms with Gasteiger partial charge in [0.05, 0.1) is 5.69 Å². The molecule has 0 unspecified atom stereocenters. The molecular formula is C16H16F3N3O. The molecule has 1 N–H and O–H groups in total. The number of halogens is 3. The van der Waals surface area contributed by atoms with Crippen molar-refractivity contribution < 1.29 is 18.0 Å². The van der Waals surface area contributed by atoms with Crippen LogP contribution in [0.5, 0.6) is 0 Å². The summed E-state index contributed by atoms with van der Waals surface area (Å²) in [5.74, 6) is 0.0796. The summed E-state index contributed by atoms with van der Waals surface area (Å²) in [6.07, 6.45) is -1.56. The largest absolute Gasteiger partial charge is 0.435 e. The molecule has 1 heterocycles. The second-order valence-corrected chi connectivity index (χ2v) is 5.74. The van der Waals surface area contributed by atoms with Crippen LogP contribution in [0.25, 0.3) is 5.69 Å². The van der Waals surface area contributed by atoms with E-state index in [2.05, 4.69) is 10.4 Å². The van der Waals surface area contributed by atoms with E-state index in [1.807, 2.05) is 0 Å². The van der Waals surface area contributed by atoms with Crippen LogP contribution >= 0.6 is 0 Å². The molecule has 1 saturated carbocycles. The minimum absolute atomic E-state index is 0.00127. The summed E-state index contributed by atoms with van der Waals surface area (Å²) >= 11 is 0. The van der Waals surface area contributed by atoms with Crippen LogP contribution in [-0.4, -0.2) is 15.7 Å². The molecule has 1 amide bonds. The number of nitrogens with zero attached hydrogens (tertiary/aromatic N) is 2. The highest BCUT2D eigenvalue weighted by Crippen LogP contribution is 2.30. The quantitative estimate of drug-likeness (QED) is 0.930. The molecule has 1 aromatic heterocycles. The van der Waals surface area contributed by atoms with Crippen molar-refractivity contribution in [3.63, 3.8) is 0 Å². The average Bonchev–Trinajstić information content (AvgIpc) is 2.79. The number of carbonyl (C=O) groups excluding carboxylic acids is 1. The van der Waals surface area contributed by atoms with E-state index in [4.69, 9.17) is 0 Å². The molecule has 1 fully saturated rings. The summed E-state index contributed by atoms with van der Waals surface area (Å²) in [5, 5.41) is 6.41. The highest BCUT2D eigenvalue weighted by molar-refractivity contribution is 5.93. The zero-order valence-corrected chi connectivity index (χ0v) is 12.5. The molecule has 3 rings (SSSR count). The molecule has 122 valence electrons. The third kappa shape index (κ3) is 3.23. The molecule has 0 radical (unpaired) electrons. The Kier molecular flexibility index (Phi) is 3.87. The second-order valence-electron chi connectivity index (χ2n) is 5.74. The summed E-state index contributed by atoms with van der Waals surface area (Å²) in [6, 6.07) is 7.61. The number of nitrogens with one attached hydrogen (secondary N) is 1. The third-order valence-corrected chi connectivity index (χ3v) is 4.03. The van der Waals surface area contributed by atoms with Gasteiger partial charge in [0, 0.05) is 17.3 Å². The second kappa shape index (κ2) is 5.72. The van der Waals surface area contributed by atoms with Gasteiger partial charge in [0.25, 0.3) is 0 Å². The lowest BCUT2D eigenvalue weighted by atomic mass is 9.85. The van der Waals surface area contributed by atoms with E-state index >= 15 is 0 Å². The molecule has 1 aliphatic carbocycles. The van der Waals surface area contributed by atoms with E-state index in [0.717, 1.165) is 25.3 Å². The number of alkyl halides is 3. The zero-order chi connectivity index (χ0) is 16.6. The third-order valence-electron chi connectivity index (χ3n) is 4.03. The van der Waals surface area contributed by atoms with Gasteiger partial charge in [-0.1, -0.05) is 6.42 Å². The lowest BCUT2D eigenvalue weighted by molar-refractivity contribution is -0.141. The van der Waals surface area contributed by atoms with Crippen LogP contribution < -0.4 is 5.32 Å². The Morgan fingerprint density at radius 2 is 1.91 bits per heavy atom. The molecule has 0 saturated heterocycles. The highest BCUT2D eigenvalue weighted by Gasteiger charge is 2.34. The van der Waals surface area contributed by atoms with Crippen LogP contribution in [0.1, 0.15) is 30.7 Å². The Labute approximate surface area is 131 Å². The molecule has 1 aliphatic rings. The predicted molar refractivity (Wildman–Crippen MR) is 79.3 cm³/mol. The number of hydrogen-bond donors (Lipinski definition) is 1. The van der Waals surface area contributed by atoms with E-state index in [1.165, 1.54) is 4.68 Å². The van der Waals surface area contributed by atoms with E-state index in [-0.39, 0.29) is 11.8 Å². The van der Waals surface area contributed by atoms with E-state index in [9.17, 15) is 18.0 Å². The first-order valence-electron chi connectivity index (χ1n) is 7.40. The fourth-order valence-electron chi connectivity index (χ4n) is 2.48. The Balaban J connectivity index is 1.77. The van der Waals surface area contributed by atoms with Gasteiger partial charge in [-0.3, -0.25) is 4.79 Å². The van der Waals surface area contributed by atoms with Crippen molar-refractivity contribution in [1.82, 2.24) is 9.78 Å². The standard InChI is InChI=1S/C16H16F3N3O/c1-10-9-14(16(17,18)19)21-22(10)13-7-5-12(6-8-13)20-15(23)11-3-2-4-11/h5-9,11H,2-4H2,1H3,(H,20,23). The molecule has 0 aliphatic heterocycles. The SMILES string of the molecule is Cc1cc(C(F)(F)F)nn1-c1ccc(NC(=O)C2CCC2)cc1. The molecule has 0 bridgehead atoms. The normalized spacial score (nSPS) is 15.3. The van der Waals surface area contributed by atoms with Crippen LogP contribution in [0.3, 0.4) is 0 Å². The highest BCUT2D eigenvalue weighted by atomic mass is 19.4. The summed E-state index contributed by atoms with van der Waals surface area (Å²) in [7, 11) is 0. The Bertz CT molecular complexity index is 715. The fourth-order valence-corrected chi connectivity index (χ4v) is 2.48. The Hall–Kier alpha value is -2.31. The minimum Gasteiger partial charge on any atom is -0.326 e. The van der Waals surface area contributed by atoms with Crippen LogP contribution in [0.15, 0.2) is 30.3 Å². The summed E-state index contributed by atoms with van der Waals surface area (Å²) in [6.45, 7) is 1.56. The average molecular weight is 323 g/mol. The van der Waals surface area contributed by atoms with E-state index < -0.39 is 11.9 Å². The van der Waals surface area contributed by atoms with E-state index in [0.29, 0.717) is 17.1 Å². The fraction of sp³-hybridized carbons (Fsp3) is 0.375. The first kappa shape index (κ1) is 15.6. The molecule has 4 nitrogen and oxygen atoms in total. The molecule has 23 heavy (non-hydrogen) atoms. The molecular weight excluding hydrogens is 307 g/mol. The number of rotatable bonds is 3. The molecule has 2 aromatic rings. The molecule has 7 heteroatoms. The minimum atomic E-state index is -4.47. The van der Waals surface area contributed by atoms with Gasteiger partial charge in [-0.15, -0.1) is 0 Å². The lowest BCUT2D eigenvalue weighted by Crippen LogP contribution is -2.27. The first-order valence-corrected chi connectivity index (χ1v) is 7.40. The topological polar surface area (TPSA) is 46.9 Å². The zero-order valence-electron chi connectivity index (χ0n) is 12.5. The van der Waals surface area contributed by atoms with Crippen molar-refractivity contribution in [3.05, 3.63) is 41.7 Å². The predicted octanol–water partition coefficient (Wildman–Crippen LogP) is 3.94. The van der Waals surface area contributed by atoms with Gasteiger partial charge < -0.3 is 5.32 Å². The number of hydrogen-bond acceptors (Lipinski definition) is 2. The summed E-state index contributed by atoms with van der Waals surface area (Å²) in [5.41, 5.74) is 0.618. The summed E-state index contributed by atoms with van der Waals surface area (Å²) < 4.78 is 39.3. The van der Waals surface area contributed by atoms with Gasteiger partial charge in [0.2, 0.25) is 5.91 Å². The smallest absolute Gasteiger partial charge is 0.326 e. The number of anilines is 1. The number of aryl methyl sites for hydroxylation is 1. The van der Waals surface area contributed by atoms with Crippen LogP contribution in [0.2, 0.25) is 0 Å². The Morgan fingerprint density at radius 3 is 2.39 bits per heavy atom. The maximum atomic E-state index is 12.7. The van der Waals surface area contributed by atoms with Gasteiger partial charge in [0.1, 0.15) is 0 Å². The summed E-state index contributed by atoms with van der Waals surface area (Å²) in [4.78, 5) is 11.9.